The number of hydrogen-bond donors (Lipinski definition) is 1. The first-order valence-corrected chi connectivity index (χ1v) is 7.66. The Morgan fingerprint density at radius 1 is 1.27 bits per heavy atom. The molecule has 0 unspecified atom stereocenters. The van der Waals surface area contributed by atoms with Crippen molar-refractivity contribution in [2.45, 2.75) is 20.4 Å². The Kier molecular flexibility index (Phi) is 3.47. The summed E-state index contributed by atoms with van der Waals surface area (Å²) in [5, 5.41) is 2.42. The van der Waals surface area contributed by atoms with Crippen LogP contribution in [-0.4, -0.2) is 9.55 Å². The second kappa shape index (κ2) is 5.32. The van der Waals surface area contributed by atoms with Crippen LogP contribution in [0.1, 0.15) is 11.1 Å². The van der Waals surface area contributed by atoms with E-state index in [4.69, 9.17) is 6.42 Å². The van der Waals surface area contributed by atoms with Crippen molar-refractivity contribution < 1.29 is 0 Å². The molecule has 22 heavy (non-hydrogen) atoms. The molecule has 0 atom stereocenters. The van der Waals surface area contributed by atoms with Gasteiger partial charge in [-0.05, 0) is 25.0 Å². The van der Waals surface area contributed by atoms with Gasteiger partial charge in [0.15, 0.2) is 0 Å². The molecule has 5 heteroatoms. The fourth-order valence-electron chi connectivity index (χ4n) is 2.60. The number of nitrogens with one attached hydrogen (secondary N) is 1. The molecule has 1 aromatic carbocycles. The molecule has 0 saturated carbocycles. The van der Waals surface area contributed by atoms with E-state index >= 15 is 0 Å². The van der Waals surface area contributed by atoms with E-state index in [1.54, 1.807) is 0 Å². The fraction of sp³-hybridized carbons (Fsp3) is 0.176. The van der Waals surface area contributed by atoms with Crippen molar-refractivity contribution in [1.82, 2.24) is 9.55 Å². The van der Waals surface area contributed by atoms with Gasteiger partial charge in [-0.1, -0.05) is 29.7 Å². The summed E-state index contributed by atoms with van der Waals surface area (Å²) in [6, 6.07) is 6.09. The fourth-order valence-corrected chi connectivity index (χ4v) is 3.54. The van der Waals surface area contributed by atoms with Crippen LogP contribution in [0, 0.1) is 26.2 Å². The highest BCUT2D eigenvalue weighted by Gasteiger charge is 2.15. The molecule has 0 bridgehead atoms. The molecule has 4 nitrogen and oxygen atoms in total. The third-order valence-corrected chi connectivity index (χ3v) is 4.53. The van der Waals surface area contributed by atoms with Crippen molar-refractivity contribution in [2.24, 2.45) is 0 Å². The Morgan fingerprint density at radius 3 is 2.73 bits per heavy atom. The highest BCUT2D eigenvalue weighted by atomic mass is 32.1. The van der Waals surface area contributed by atoms with Gasteiger partial charge in [-0.25, -0.2) is 9.36 Å². The van der Waals surface area contributed by atoms with Crippen LogP contribution in [0.25, 0.3) is 21.3 Å². The van der Waals surface area contributed by atoms with Crippen LogP contribution < -0.4 is 11.2 Å². The summed E-state index contributed by atoms with van der Waals surface area (Å²) in [6.45, 7) is 4.00. The number of aromatic amines is 1. The van der Waals surface area contributed by atoms with Crippen LogP contribution in [0.15, 0.2) is 33.2 Å². The standard InChI is InChI=1S/C17H14N2O2S/c1-4-7-19-16(20)14-13(9-22-15(14)18-17(19)21)12-6-5-10(2)8-11(12)3/h1,5-6,8-9H,7H2,2-3H3,(H,18,21). The number of aryl methyl sites for hydroxylation is 2. The lowest BCUT2D eigenvalue weighted by molar-refractivity contribution is 0.743. The Balaban J connectivity index is 2.37. The molecule has 3 rings (SSSR count). The first-order chi connectivity index (χ1) is 10.5. The maximum atomic E-state index is 12.6. The van der Waals surface area contributed by atoms with E-state index in [0.717, 1.165) is 21.3 Å². The van der Waals surface area contributed by atoms with Crippen molar-refractivity contribution in [3.8, 4) is 23.5 Å². The molecule has 2 aromatic heterocycles. The maximum absolute atomic E-state index is 12.6. The molecule has 1 N–H and O–H groups in total. The van der Waals surface area contributed by atoms with Gasteiger partial charge in [0.25, 0.3) is 5.56 Å². The van der Waals surface area contributed by atoms with Gasteiger partial charge in [0.1, 0.15) is 4.83 Å². The van der Waals surface area contributed by atoms with Gasteiger partial charge in [-0.3, -0.25) is 9.78 Å². The van der Waals surface area contributed by atoms with Gasteiger partial charge < -0.3 is 0 Å². The van der Waals surface area contributed by atoms with E-state index in [0.29, 0.717) is 10.2 Å². The molecule has 0 aliphatic carbocycles. The Morgan fingerprint density at radius 2 is 2.05 bits per heavy atom. The molecule has 0 aliphatic rings. The van der Waals surface area contributed by atoms with Crippen LogP contribution in [0.3, 0.4) is 0 Å². The summed E-state index contributed by atoms with van der Waals surface area (Å²) in [6.07, 6.45) is 5.25. The van der Waals surface area contributed by atoms with Crippen LogP contribution in [0.4, 0.5) is 0 Å². The second-order valence-corrected chi connectivity index (χ2v) is 6.08. The zero-order valence-corrected chi connectivity index (χ0v) is 13.1. The van der Waals surface area contributed by atoms with Crippen molar-refractivity contribution in [3.05, 3.63) is 55.5 Å². The lowest BCUT2D eigenvalue weighted by Crippen LogP contribution is -2.34. The minimum absolute atomic E-state index is 0.0354. The van der Waals surface area contributed by atoms with Gasteiger partial charge >= 0.3 is 5.69 Å². The minimum atomic E-state index is -0.468. The van der Waals surface area contributed by atoms with E-state index in [1.165, 1.54) is 16.9 Å². The van der Waals surface area contributed by atoms with Crippen molar-refractivity contribution in [1.29, 1.82) is 0 Å². The zero-order chi connectivity index (χ0) is 15.9. The normalized spacial score (nSPS) is 10.8. The van der Waals surface area contributed by atoms with E-state index in [9.17, 15) is 9.59 Å². The molecule has 0 spiro atoms. The summed E-state index contributed by atoms with van der Waals surface area (Å²) >= 11 is 1.36. The molecule has 3 aromatic rings. The van der Waals surface area contributed by atoms with Crippen LogP contribution in [0.2, 0.25) is 0 Å². The third kappa shape index (κ3) is 2.18. The second-order valence-electron chi connectivity index (χ2n) is 5.20. The summed E-state index contributed by atoms with van der Waals surface area (Å²) in [5.41, 5.74) is 3.28. The number of hydrogen-bond acceptors (Lipinski definition) is 3. The van der Waals surface area contributed by atoms with Crippen molar-refractivity contribution in [3.63, 3.8) is 0 Å². The summed E-state index contributed by atoms with van der Waals surface area (Å²) < 4.78 is 1.06. The minimum Gasteiger partial charge on any atom is -0.298 e. The maximum Gasteiger partial charge on any atom is 0.330 e. The molecule has 110 valence electrons. The van der Waals surface area contributed by atoms with Crippen LogP contribution in [0.5, 0.6) is 0 Å². The number of fused-ring (bicyclic) bond motifs is 1. The SMILES string of the molecule is C#CCn1c(=O)[nH]c2scc(-c3ccc(C)cc3C)c2c1=O. The monoisotopic (exact) mass is 310 g/mol. The number of thiophene rings is 1. The van der Waals surface area contributed by atoms with E-state index in [2.05, 4.69) is 17.0 Å². The van der Waals surface area contributed by atoms with E-state index in [1.807, 2.05) is 31.4 Å². The zero-order valence-electron chi connectivity index (χ0n) is 12.3. The van der Waals surface area contributed by atoms with Gasteiger partial charge in [0, 0.05) is 10.9 Å². The third-order valence-electron chi connectivity index (χ3n) is 3.64. The number of H-pyrrole nitrogens is 1. The molecule has 0 aliphatic heterocycles. The van der Waals surface area contributed by atoms with Gasteiger partial charge in [-0.2, -0.15) is 0 Å². The smallest absolute Gasteiger partial charge is 0.298 e. The average Bonchev–Trinajstić information content (AvgIpc) is 2.87. The topological polar surface area (TPSA) is 54.9 Å². The number of nitrogens with zero attached hydrogens (tertiary/aromatic N) is 1. The number of terminal acetylenes is 1. The number of benzene rings is 1. The molecule has 2 heterocycles. The highest BCUT2D eigenvalue weighted by molar-refractivity contribution is 7.17. The predicted octanol–water partition coefficient (Wildman–Crippen LogP) is 2.67. The van der Waals surface area contributed by atoms with Crippen molar-refractivity contribution in [2.75, 3.05) is 0 Å². The molecule has 0 amide bonds. The molecule has 0 saturated heterocycles. The predicted molar refractivity (Wildman–Crippen MR) is 90.4 cm³/mol. The quantitative estimate of drug-likeness (QED) is 0.740. The van der Waals surface area contributed by atoms with Crippen LogP contribution in [-0.2, 0) is 6.54 Å². The Hall–Kier alpha value is -2.58. The van der Waals surface area contributed by atoms with Crippen molar-refractivity contribution >= 4 is 21.6 Å². The molecule has 0 radical (unpaired) electrons. The van der Waals surface area contributed by atoms with Gasteiger partial charge in [0.2, 0.25) is 0 Å². The van der Waals surface area contributed by atoms with E-state index < -0.39 is 5.69 Å². The largest absolute Gasteiger partial charge is 0.330 e. The number of aromatic nitrogens is 2. The molecule has 0 fully saturated rings. The first kappa shape index (κ1) is 14.4. The highest BCUT2D eigenvalue weighted by Crippen LogP contribution is 2.32. The number of rotatable bonds is 2. The Labute approximate surface area is 131 Å². The molecular weight excluding hydrogens is 296 g/mol. The Bertz CT molecular complexity index is 1030. The first-order valence-electron chi connectivity index (χ1n) is 6.78. The van der Waals surface area contributed by atoms with Crippen LogP contribution >= 0.6 is 11.3 Å². The lowest BCUT2D eigenvalue weighted by atomic mass is 9.99. The van der Waals surface area contributed by atoms with Gasteiger partial charge in [0.05, 0.1) is 11.9 Å². The summed E-state index contributed by atoms with van der Waals surface area (Å²) in [7, 11) is 0. The van der Waals surface area contributed by atoms with E-state index in [-0.39, 0.29) is 12.1 Å². The summed E-state index contributed by atoms with van der Waals surface area (Å²) in [5.74, 6) is 2.35. The molecular formula is C17H14N2O2S. The lowest BCUT2D eigenvalue weighted by Gasteiger charge is -2.06. The average molecular weight is 310 g/mol. The summed E-state index contributed by atoms with van der Waals surface area (Å²) in [4.78, 5) is 27.9. The van der Waals surface area contributed by atoms with Gasteiger partial charge in [-0.15, -0.1) is 17.8 Å².